The number of pyridine rings is 1. The number of benzene rings is 1. The molecule has 0 unspecified atom stereocenters. The second-order valence-corrected chi connectivity index (χ2v) is 8.54. The second-order valence-electron chi connectivity index (χ2n) is 6.63. The summed E-state index contributed by atoms with van der Waals surface area (Å²) in [5, 5.41) is 0. The van der Waals surface area contributed by atoms with Crippen LogP contribution in [0.3, 0.4) is 0 Å². The average Bonchev–Trinajstić information content (AvgIpc) is 2.63. The molecule has 0 bridgehead atoms. The molecule has 0 radical (unpaired) electrons. The number of rotatable bonds is 3. The Balaban J connectivity index is 1.74. The lowest BCUT2D eigenvalue weighted by Crippen LogP contribution is -2.50. The summed E-state index contributed by atoms with van der Waals surface area (Å²) < 4.78 is 27.4. The van der Waals surface area contributed by atoms with Gasteiger partial charge in [0, 0.05) is 31.9 Å². The Kier molecular flexibility index (Phi) is 5.11. The zero-order valence-corrected chi connectivity index (χ0v) is 16.1. The SMILES string of the molecule is Cc1ccc(C)c(S(=O)(=O)N2CCN(C(=O)c3cccc(C)n3)CC2)c1. The van der Waals surface area contributed by atoms with Crippen LogP contribution in [0.2, 0.25) is 0 Å². The Bertz CT molecular complexity index is 933. The first-order valence-corrected chi connectivity index (χ1v) is 10.0. The van der Waals surface area contributed by atoms with Crippen molar-refractivity contribution >= 4 is 15.9 Å². The van der Waals surface area contributed by atoms with Crippen LogP contribution in [0.15, 0.2) is 41.3 Å². The van der Waals surface area contributed by atoms with E-state index in [2.05, 4.69) is 4.98 Å². The molecule has 1 aliphatic heterocycles. The van der Waals surface area contributed by atoms with Gasteiger partial charge in [-0.15, -0.1) is 0 Å². The summed E-state index contributed by atoms with van der Waals surface area (Å²) in [5.74, 6) is -0.155. The number of aromatic nitrogens is 1. The molecule has 2 aromatic rings. The first kappa shape index (κ1) is 18.5. The van der Waals surface area contributed by atoms with Gasteiger partial charge in [-0.05, 0) is 50.1 Å². The maximum atomic E-state index is 13.0. The van der Waals surface area contributed by atoms with Crippen molar-refractivity contribution in [2.24, 2.45) is 0 Å². The van der Waals surface area contributed by atoms with Crippen molar-refractivity contribution in [3.05, 3.63) is 58.9 Å². The van der Waals surface area contributed by atoms with Crippen LogP contribution >= 0.6 is 0 Å². The molecule has 7 heteroatoms. The number of hydrogen-bond donors (Lipinski definition) is 0. The standard InChI is InChI=1S/C19H23N3O3S/c1-14-7-8-15(2)18(13-14)26(24,25)22-11-9-21(10-12-22)19(23)17-6-4-5-16(3)20-17/h4-8,13H,9-12H2,1-3H3. The molecule has 1 aromatic heterocycles. The summed E-state index contributed by atoms with van der Waals surface area (Å²) in [5.41, 5.74) is 2.83. The largest absolute Gasteiger partial charge is 0.335 e. The molecular formula is C19H23N3O3S. The minimum Gasteiger partial charge on any atom is -0.335 e. The molecule has 1 aliphatic rings. The maximum absolute atomic E-state index is 13.0. The van der Waals surface area contributed by atoms with E-state index in [1.54, 1.807) is 30.0 Å². The summed E-state index contributed by atoms with van der Waals surface area (Å²) in [4.78, 5) is 18.8. The van der Waals surface area contributed by atoms with Crippen molar-refractivity contribution in [1.29, 1.82) is 0 Å². The number of hydrogen-bond acceptors (Lipinski definition) is 4. The number of aryl methyl sites for hydroxylation is 3. The van der Waals surface area contributed by atoms with E-state index < -0.39 is 10.0 Å². The molecular weight excluding hydrogens is 350 g/mol. The first-order valence-electron chi connectivity index (χ1n) is 8.59. The smallest absolute Gasteiger partial charge is 0.272 e. The van der Waals surface area contributed by atoms with Crippen LogP contribution in [-0.2, 0) is 10.0 Å². The average molecular weight is 373 g/mol. The fraction of sp³-hybridized carbons (Fsp3) is 0.368. The van der Waals surface area contributed by atoms with E-state index in [9.17, 15) is 13.2 Å². The van der Waals surface area contributed by atoms with E-state index >= 15 is 0 Å². The molecule has 1 amide bonds. The third-order valence-electron chi connectivity index (χ3n) is 4.59. The molecule has 0 saturated carbocycles. The fourth-order valence-corrected chi connectivity index (χ4v) is 4.81. The van der Waals surface area contributed by atoms with Crippen molar-refractivity contribution < 1.29 is 13.2 Å². The monoisotopic (exact) mass is 373 g/mol. The van der Waals surface area contributed by atoms with Crippen LogP contribution in [0.25, 0.3) is 0 Å². The molecule has 1 saturated heterocycles. The van der Waals surface area contributed by atoms with E-state index in [0.29, 0.717) is 23.7 Å². The highest BCUT2D eigenvalue weighted by Crippen LogP contribution is 2.22. The van der Waals surface area contributed by atoms with E-state index in [4.69, 9.17) is 0 Å². The van der Waals surface area contributed by atoms with Gasteiger partial charge in [0.15, 0.2) is 0 Å². The predicted molar refractivity (Wildman–Crippen MR) is 99.6 cm³/mol. The molecule has 1 aromatic carbocycles. The van der Waals surface area contributed by atoms with Gasteiger partial charge in [0.1, 0.15) is 5.69 Å². The van der Waals surface area contributed by atoms with E-state index in [1.807, 2.05) is 32.0 Å². The molecule has 0 spiro atoms. The van der Waals surface area contributed by atoms with E-state index in [1.165, 1.54) is 4.31 Å². The van der Waals surface area contributed by atoms with Gasteiger partial charge < -0.3 is 4.90 Å². The Labute approximate surface area is 154 Å². The first-order chi connectivity index (χ1) is 12.3. The van der Waals surface area contributed by atoms with Gasteiger partial charge in [-0.2, -0.15) is 4.31 Å². The summed E-state index contributed by atoms with van der Waals surface area (Å²) in [7, 11) is -3.56. The van der Waals surface area contributed by atoms with E-state index in [-0.39, 0.29) is 19.0 Å². The lowest BCUT2D eigenvalue weighted by molar-refractivity contribution is 0.0691. The van der Waals surface area contributed by atoms with Gasteiger partial charge in [0.2, 0.25) is 10.0 Å². The lowest BCUT2D eigenvalue weighted by Gasteiger charge is -2.34. The Morgan fingerprint density at radius 1 is 1.00 bits per heavy atom. The van der Waals surface area contributed by atoms with Crippen molar-refractivity contribution in [2.45, 2.75) is 25.7 Å². The van der Waals surface area contributed by atoms with Crippen molar-refractivity contribution in [2.75, 3.05) is 26.2 Å². The van der Waals surface area contributed by atoms with Crippen LogP contribution in [0.4, 0.5) is 0 Å². The lowest BCUT2D eigenvalue weighted by atomic mass is 10.2. The molecule has 0 atom stereocenters. The van der Waals surface area contributed by atoms with Crippen LogP contribution in [0.1, 0.15) is 27.3 Å². The summed E-state index contributed by atoms with van der Waals surface area (Å²) >= 11 is 0. The van der Waals surface area contributed by atoms with Gasteiger partial charge in [-0.3, -0.25) is 4.79 Å². The molecule has 3 rings (SSSR count). The Hall–Kier alpha value is -2.25. The maximum Gasteiger partial charge on any atom is 0.272 e. The molecule has 0 N–H and O–H groups in total. The van der Waals surface area contributed by atoms with Crippen LogP contribution in [0.5, 0.6) is 0 Å². The number of carbonyl (C=O) groups excluding carboxylic acids is 1. The highest BCUT2D eigenvalue weighted by atomic mass is 32.2. The molecule has 0 aliphatic carbocycles. The van der Waals surface area contributed by atoms with Gasteiger partial charge in [-0.1, -0.05) is 18.2 Å². The second kappa shape index (κ2) is 7.17. The molecule has 26 heavy (non-hydrogen) atoms. The normalized spacial score (nSPS) is 15.9. The van der Waals surface area contributed by atoms with Crippen LogP contribution in [0, 0.1) is 20.8 Å². The molecule has 2 heterocycles. The Morgan fingerprint density at radius 3 is 2.35 bits per heavy atom. The number of sulfonamides is 1. The molecule has 138 valence electrons. The Morgan fingerprint density at radius 2 is 1.69 bits per heavy atom. The number of carbonyl (C=O) groups is 1. The highest BCUT2D eigenvalue weighted by Gasteiger charge is 2.31. The highest BCUT2D eigenvalue weighted by molar-refractivity contribution is 7.89. The summed E-state index contributed by atoms with van der Waals surface area (Å²) in [6.45, 7) is 6.81. The third kappa shape index (κ3) is 3.64. The zero-order valence-electron chi connectivity index (χ0n) is 15.3. The van der Waals surface area contributed by atoms with Gasteiger partial charge >= 0.3 is 0 Å². The number of piperazine rings is 1. The van der Waals surface area contributed by atoms with Crippen LogP contribution in [-0.4, -0.2) is 54.7 Å². The minimum atomic E-state index is -3.56. The summed E-state index contributed by atoms with van der Waals surface area (Å²) in [6.07, 6.45) is 0. The quantitative estimate of drug-likeness (QED) is 0.827. The zero-order chi connectivity index (χ0) is 18.9. The molecule has 6 nitrogen and oxygen atoms in total. The van der Waals surface area contributed by atoms with Crippen molar-refractivity contribution in [1.82, 2.24) is 14.2 Å². The summed E-state index contributed by atoms with van der Waals surface area (Å²) in [6, 6.07) is 10.8. The van der Waals surface area contributed by atoms with Gasteiger partial charge in [-0.25, -0.2) is 13.4 Å². The van der Waals surface area contributed by atoms with Gasteiger partial charge in [0.05, 0.1) is 4.90 Å². The number of amides is 1. The number of nitrogens with zero attached hydrogens (tertiary/aromatic N) is 3. The minimum absolute atomic E-state index is 0.155. The third-order valence-corrected chi connectivity index (χ3v) is 6.64. The molecule has 1 fully saturated rings. The van der Waals surface area contributed by atoms with Crippen molar-refractivity contribution in [3.8, 4) is 0 Å². The van der Waals surface area contributed by atoms with Gasteiger partial charge in [0.25, 0.3) is 5.91 Å². The van der Waals surface area contributed by atoms with Crippen molar-refractivity contribution in [3.63, 3.8) is 0 Å². The fourth-order valence-electron chi connectivity index (χ4n) is 3.08. The topological polar surface area (TPSA) is 70.6 Å². The van der Waals surface area contributed by atoms with E-state index in [0.717, 1.165) is 16.8 Å². The van der Waals surface area contributed by atoms with Crippen LogP contribution < -0.4 is 0 Å². The predicted octanol–water partition coefficient (Wildman–Crippen LogP) is 2.15.